The molecule has 6 rings (SSSR count). The summed E-state index contributed by atoms with van der Waals surface area (Å²) in [6, 6.07) is 13.4. The fraction of sp³-hybridized carbons (Fsp3) is 0.432. The van der Waals surface area contributed by atoms with Crippen LogP contribution in [0.25, 0.3) is 11.3 Å². The minimum absolute atomic E-state index is 0.0860. The molecule has 2 aromatic carbocycles. The van der Waals surface area contributed by atoms with Crippen LogP contribution < -0.4 is 14.4 Å². The van der Waals surface area contributed by atoms with Crippen molar-refractivity contribution in [1.82, 2.24) is 24.8 Å². The average molecular weight is 700 g/mol. The van der Waals surface area contributed by atoms with E-state index in [1.54, 1.807) is 42.6 Å². The molecule has 1 saturated carbocycles. The molecule has 264 valence electrons. The summed E-state index contributed by atoms with van der Waals surface area (Å²) in [7, 11) is -0.487. The molecular weight excluding hydrogens is 655 g/mol. The first-order chi connectivity index (χ1) is 23.7. The number of carbonyl (C=O) groups is 1. The lowest BCUT2D eigenvalue weighted by Gasteiger charge is -2.42. The maximum atomic E-state index is 14.5. The Morgan fingerprint density at radius 1 is 1.02 bits per heavy atom. The van der Waals surface area contributed by atoms with E-state index in [0.29, 0.717) is 23.6 Å². The number of sulfonamides is 1. The molecule has 0 saturated heterocycles. The number of benzene rings is 2. The van der Waals surface area contributed by atoms with Crippen LogP contribution in [0.15, 0.2) is 65.8 Å². The van der Waals surface area contributed by atoms with Crippen LogP contribution in [-0.4, -0.2) is 78.1 Å². The second kappa shape index (κ2) is 13.9. The molecule has 3 heterocycles. The van der Waals surface area contributed by atoms with E-state index in [0.717, 1.165) is 29.5 Å². The predicted molar refractivity (Wildman–Crippen MR) is 192 cm³/mol. The summed E-state index contributed by atoms with van der Waals surface area (Å²) in [6.45, 7) is 10.5. The van der Waals surface area contributed by atoms with Gasteiger partial charge in [-0.05, 0) is 67.9 Å². The predicted octanol–water partition coefficient (Wildman–Crippen LogP) is 5.80. The lowest BCUT2D eigenvalue weighted by atomic mass is 9.87. The number of likely N-dealkylation sites (N-methyl/N-ethyl adjacent to an activating group) is 1. The lowest BCUT2D eigenvalue weighted by Crippen LogP contribution is -2.50. The van der Waals surface area contributed by atoms with E-state index in [1.165, 1.54) is 12.1 Å². The van der Waals surface area contributed by atoms with Gasteiger partial charge < -0.3 is 19.3 Å². The number of anilines is 2. The number of hydrogen-bond donors (Lipinski definition) is 1. The molecule has 12 nitrogen and oxygen atoms in total. The van der Waals surface area contributed by atoms with E-state index in [1.807, 2.05) is 39.1 Å². The van der Waals surface area contributed by atoms with Gasteiger partial charge in [-0.15, -0.1) is 0 Å². The van der Waals surface area contributed by atoms with Gasteiger partial charge in [0.25, 0.3) is 15.9 Å². The highest BCUT2D eigenvalue weighted by molar-refractivity contribution is 7.92. The summed E-state index contributed by atoms with van der Waals surface area (Å²) >= 11 is 0. The van der Waals surface area contributed by atoms with E-state index >= 15 is 0 Å². The lowest BCUT2D eigenvalue weighted by molar-refractivity contribution is 0.0193. The molecule has 1 aliphatic carbocycles. The van der Waals surface area contributed by atoms with Crippen LogP contribution in [0.2, 0.25) is 0 Å². The fourth-order valence-corrected chi connectivity index (χ4v) is 7.69. The van der Waals surface area contributed by atoms with Gasteiger partial charge >= 0.3 is 0 Å². The van der Waals surface area contributed by atoms with Gasteiger partial charge in [-0.1, -0.05) is 45.0 Å². The summed E-state index contributed by atoms with van der Waals surface area (Å²) in [4.78, 5) is 36.8. The Morgan fingerprint density at radius 2 is 1.76 bits per heavy atom. The smallest absolute Gasteiger partial charge is 0.264 e. The van der Waals surface area contributed by atoms with Crippen molar-refractivity contribution >= 4 is 27.7 Å². The largest absolute Gasteiger partial charge is 0.475 e. The van der Waals surface area contributed by atoms with Crippen LogP contribution in [0.3, 0.4) is 0 Å². The maximum Gasteiger partial charge on any atom is 0.264 e. The normalized spacial score (nSPS) is 20.3. The number of nitrogens with zero attached hydrogens (tertiary/aromatic N) is 6. The first-order valence-corrected chi connectivity index (χ1v) is 18.3. The highest BCUT2D eigenvalue weighted by Crippen LogP contribution is 2.33. The Kier molecular flexibility index (Phi) is 9.82. The molecule has 4 aromatic rings. The first kappa shape index (κ1) is 35.2. The highest BCUT2D eigenvalue weighted by Gasteiger charge is 2.36. The standard InChI is InChI=1S/C37H45N7O5S/c1-23-10-8-11-24(2)34(23)29-17-33-41-36(40-29)42-50(46,47)28-13-9-12-25(16-28)35(45)44(27(22-49-33)18-37(3,4)5)21-26-19-38-20-32(39-26)43(6)30-14-15-31(30)48-7/h8-13,16-17,19-20,27,30-31H,14-15,18,21-22H2,1-7H3,(H,40,41,42)/t27-,30-,31+/m1/s1. The van der Waals surface area contributed by atoms with Crippen molar-refractivity contribution in [2.24, 2.45) is 5.41 Å². The molecule has 1 aliphatic heterocycles. The van der Waals surface area contributed by atoms with E-state index in [2.05, 4.69) is 45.3 Å². The number of aryl methyl sites for hydroxylation is 2. The summed E-state index contributed by atoms with van der Waals surface area (Å²) in [5.74, 6) is 0.387. The van der Waals surface area contributed by atoms with Crippen LogP contribution >= 0.6 is 0 Å². The quantitative estimate of drug-likeness (QED) is 0.252. The zero-order chi connectivity index (χ0) is 35.8. The number of hydrogen-bond acceptors (Lipinski definition) is 10. The van der Waals surface area contributed by atoms with Crippen molar-refractivity contribution in [3.63, 3.8) is 0 Å². The third-order valence-electron chi connectivity index (χ3n) is 9.37. The molecule has 13 heteroatoms. The molecule has 1 N–H and O–H groups in total. The Labute approximate surface area is 294 Å². The van der Waals surface area contributed by atoms with Gasteiger partial charge in [0.15, 0.2) is 0 Å². The molecular formula is C37H45N7O5S. The number of ether oxygens (including phenoxy) is 2. The fourth-order valence-electron chi connectivity index (χ4n) is 6.70. The van der Waals surface area contributed by atoms with Crippen molar-refractivity contribution in [1.29, 1.82) is 0 Å². The molecule has 0 unspecified atom stereocenters. The number of rotatable bonds is 7. The van der Waals surface area contributed by atoms with Gasteiger partial charge in [0.2, 0.25) is 11.8 Å². The van der Waals surface area contributed by atoms with Crippen LogP contribution in [0, 0.1) is 19.3 Å². The number of nitrogens with one attached hydrogen (secondary N) is 1. The zero-order valence-electron chi connectivity index (χ0n) is 29.7. The Bertz CT molecular complexity index is 1980. The van der Waals surface area contributed by atoms with Crippen molar-refractivity contribution < 1.29 is 22.7 Å². The van der Waals surface area contributed by atoms with Crippen molar-refractivity contribution in [3.8, 4) is 17.1 Å². The maximum absolute atomic E-state index is 14.5. The van der Waals surface area contributed by atoms with Crippen molar-refractivity contribution in [3.05, 3.63) is 83.3 Å². The van der Waals surface area contributed by atoms with Crippen LogP contribution in [0.4, 0.5) is 11.8 Å². The minimum atomic E-state index is -4.19. The topological polar surface area (TPSA) is 140 Å². The summed E-state index contributed by atoms with van der Waals surface area (Å²) in [5.41, 5.74) is 3.92. The summed E-state index contributed by atoms with van der Waals surface area (Å²) in [6.07, 6.45) is 6.04. The van der Waals surface area contributed by atoms with E-state index in [-0.39, 0.29) is 58.9 Å². The molecule has 2 aliphatic rings. The third kappa shape index (κ3) is 7.58. The minimum Gasteiger partial charge on any atom is -0.475 e. The molecule has 3 atom stereocenters. The first-order valence-electron chi connectivity index (χ1n) is 16.8. The van der Waals surface area contributed by atoms with Gasteiger partial charge in [-0.3, -0.25) is 9.78 Å². The Hall–Kier alpha value is -4.62. The van der Waals surface area contributed by atoms with Crippen molar-refractivity contribution in [2.45, 2.75) is 83.5 Å². The number of fused-ring (bicyclic) bond motifs is 4. The van der Waals surface area contributed by atoms with E-state index in [9.17, 15) is 13.2 Å². The highest BCUT2D eigenvalue weighted by atomic mass is 32.2. The number of carbonyl (C=O) groups excluding carboxylic acids is 1. The van der Waals surface area contributed by atoms with Gasteiger partial charge in [-0.25, -0.2) is 23.1 Å². The summed E-state index contributed by atoms with van der Waals surface area (Å²) in [5, 5.41) is 0. The third-order valence-corrected chi connectivity index (χ3v) is 10.7. The zero-order valence-corrected chi connectivity index (χ0v) is 30.5. The number of methoxy groups -OCH3 is 1. The average Bonchev–Trinajstić information content (AvgIpc) is 3.04. The second-order valence-electron chi connectivity index (χ2n) is 14.4. The van der Waals surface area contributed by atoms with E-state index < -0.39 is 16.1 Å². The second-order valence-corrected chi connectivity index (χ2v) is 16.1. The Morgan fingerprint density at radius 3 is 2.44 bits per heavy atom. The monoisotopic (exact) mass is 699 g/mol. The van der Waals surface area contributed by atoms with Gasteiger partial charge in [-0.2, -0.15) is 4.98 Å². The molecule has 1 amide bonds. The SMILES string of the molecule is CO[C@H]1CC[C@H]1N(C)c1cncc(CN2C(=O)c3cccc(c3)S(=O)(=O)Nc3nc(cc(-c4c(C)cccc4C)n3)OC[C@H]2CC(C)(C)C)n1. The van der Waals surface area contributed by atoms with Gasteiger partial charge in [0.1, 0.15) is 12.4 Å². The van der Waals surface area contributed by atoms with Gasteiger partial charge in [0, 0.05) is 31.4 Å². The Balaban J connectivity index is 1.44. The molecule has 0 radical (unpaired) electrons. The molecule has 1 fully saturated rings. The molecule has 50 heavy (non-hydrogen) atoms. The van der Waals surface area contributed by atoms with Crippen LogP contribution in [0.1, 0.15) is 67.2 Å². The molecule has 0 spiro atoms. The number of amides is 1. The van der Waals surface area contributed by atoms with E-state index in [4.69, 9.17) is 14.5 Å². The van der Waals surface area contributed by atoms with Crippen LogP contribution in [-0.2, 0) is 21.3 Å². The summed E-state index contributed by atoms with van der Waals surface area (Å²) < 4.78 is 42.0. The van der Waals surface area contributed by atoms with Gasteiger partial charge in [0.05, 0.1) is 53.4 Å². The molecule has 2 aromatic heterocycles. The number of aromatic nitrogens is 4. The van der Waals surface area contributed by atoms with Crippen LogP contribution in [0.5, 0.6) is 5.88 Å². The van der Waals surface area contributed by atoms with Crippen molar-refractivity contribution in [2.75, 3.05) is 30.4 Å². The molecule has 4 bridgehead atoms.